The van der Waals surface area contributed by atoms with E-state index in [4.69, 9.17) is 10.5 Å². The molecular formula is C25H42ClN3O5. The highest BCUT2D eigenvalue weighted by atomic mass is 35.5. The number of halogens is 1. The molecule has 0 spiro atoms. The lowest BCUT2D eigenvalue weighted by Gasteiger charge is -2.54. The predicted octanol–water partition coefficient (Wildman–Crippen LogP) is 3.16. The van der Waals surface area contributed by atoms with Crippen LogP contribution < -0.4 is 16.4 Å². The minimum Gasteiger partial charge on any atom is -0.468 e. The molecule has 4 bridgehead atoms. The zero-order valence-electron chi connectivity index (χ0n) is 20.5. The molecule has 6 saturated carbocycles. The maximum Gasteiger partial charge on any atom is 0.322 e. The van der Waals surface area contributed by atoms with Crippen LogP contribution in [0.5, 0.6) is 0 Å². The van der Waals surface area contributed by atoms with Crippen LogP contribution in [0.2, 0.25) is 0 Å². The molecule has 0 radical (unpaired) electrons. The fraction of sp³-hybridized carbons (Fsp3) is 0.880. The molecular weight excluding hydrogens is 458 g/mol. The van der Waals surface area contributed by atoms with Crippen LogP contribution >= 0.6 is 12.4 Å². The number of nitrogens with two attached hydrogens (primary N) is 1. The lowest BCUT2D eigenvalue weighted by Crippen LogP contribution is -2.57. The highest BCUT2D eigenvalue weighted by molar-refractivity contribution is 5.85. The van der Waals surface area contributed by atoms with Crippen molar-refractivity contribution < 1.29 is 23.9 Å². The summed E-state index contributed by atoms with van der Waals surface area (Å²) in [5.41, 5.74) is 5.49. The molecule has 0 saturated heterocycles. The van der Waals surface area contributed by atoms with E-state index in [1.807, 2.05) is 0 Å². The summed E-state index contributed by atoms with van der Waals surface area (Å²) < 4.78 is 9.62. The fourth-order valence-corrected chi connectivity index (χ4v) is 6.39. The normalized spacial score (nSPS) is 35.1. The summed E-state index contributed by atoms with van der Waals surface area (Å²) in [6.45, 7) is 2.24. The molecule has 0 heterocycles. The van der Waals surface area contributed by atoms with Crippen LogP contribution in [0.3, 0.4) is 0 Å². The van der Waals surface area contributed by atoms with Gasteiger partial charge in [0.1, 0.15) is 6.04 Å². The summed E-state index contributed by atoms with van der Waals surface area (Å²) >= 11 is 0. The molecule has 0 aliphatic heterocycles. The summed E-state index contributed by atoms with van der Waals surface area (Å²) in [5.74, 6) is 3.82. The molecule has 1 unspecified atom stereocenters. The lowest BCUT2D eigenvalue weighted by atomic mass is 9.54. The molecule has 0 aromatic heterocycles. The Kier molecular flexibility index (Phi) is 9.49. The van der Waals surface area contributed by atoms with Crippen molar-refractivity contribution in [3.8, 4) is 0 Å². The first kappa shape index (κ1) is 27.1. The molecule has 194 valence electrons. The van der Waals surface area contributed by atoms with Crippen molar-refractivity contribution in [2.24, 2.45) is 41.2 Å². The van der Waals surface area contributed by atoms with Crippen molar-refractivity contribution in [3.63, 3.8) is 0 Å². The van der Waals surface area contributed by atoms with Gasteiger partial charge in [-0.15, -0.1) is 12.4 Å². The van der Waals surface area contributed by atoms with Crippen molar-refractivity contribution in [1.29, 1.82) is 0 Å². The Balaban J connectivity index is 0.000000250. The second-order valence-electron chi connectivity index (χ2n) is 11.0. The van der Waals surface area contributed by atoms with Gasteiger partial charge in [0.15, 0.2) is 0 Å². The van der Waals surface area contributed by atoms with Crippen LogP contribution in [0.1, 0.15) is 71.1 Å². The summed E-state index contributed by atoms with van der Waals surface area (Å²) in [4.78, 5) is 34.2. The Morgan fingerprint density at radius 1 is 0.971 bits per heavy atom. The Labute approximate surface area is 209 Å². The van der Waals surface area contributed by atoms with E-state index in [1.165, 1.54) is 52.1 Å². The molecule has 6 fully saturated rings. The zero-order chi connectivity index (χ0) is 23.5. The van der Waals surface area contributed by atoms with Gasteiger partial charge in [0.25, 0.3) is 0 Å². The first-order chi connectivity index (χ1) is 15.9. The minimum atomic E-state index is -0.391. The second kappa shape index (κ2) is 11.9. The molecule has 6 rings (SSSR count). The van der Waals surface area contributed by atoms with Crippen molar-refractivity contribution >= 4 is 30.4 Å². The van der Waals surface area contributed by atoms with Crippen molar-refractivity contribution in [1.82, 2.24) is 10.6 Å². The molecule has 8 nitrogen and oxygen atoms in total. The third-order valence-corrected chi connectivity index (χ3v) is 8.30. The van der Waals surface area contributed by atoms with E-state index in [0.29, 0.717) is 42.7 Å². The van der Waals surface area contributed by atoms with Crippen LogP contribution in [0.4, 0.5) is 4.79 Å². The number of urea groups is 1. The van der Waals surface area contributed by atoms with Gasteiger partial charge in [-0.3, -0.25) is 9.59 Å². The van der Waals surface area contributed by atoms with Gasteiger partial charge in [-0.1, -0.05) is 19.8 Å². The van der Waals surface area contributed by atoms with Gasteiger partial charge >= 0.3 is 18.0 Å². The van der Waals surface area contributed by atoms with Gasteiger partial charge in [0, 0.05) is 24.4 Å². The summed E-state index contributed by atoms with van der Waals surface area (Å²) in [6, 6.07) is 0.156. The number of carbonyl (C=O) groups excluding carboxylic acids is 3. The van der Waals surface area contributed by atoms with Gasteiger partial charge in [0.05, 0.1) is 13.7 Å². The summed E-state index contributed by atoms with van der Waals surface area (Å²) in [6.07, 6.45) is 11.3. The smallest absolute Gasteiger partial charge is 0.322 e. The Bertz CT molecular complexity index is 703. The molecule has 6 aliphatic rings. The van der Waals surface area contributed by atoms with E-state index in [-0.39, 0.29) is 36.4 Å². The van der Waals surface area contributed by atoms with Crippen LogP contribution in [0, 0.1) is 35.5 Å². The third kappa shape index (κ3) is 7.23. The van der Waals surface area contributed by atoms with E-state index < -0.39 is 6.04 Å². The van der Waals surface area contributed by atoms with Crippen LogP contribution in [0.15, 0.2) is 0 Å². The minimum absolute atomic E-state index is 0. The van der Waals surface area contributed by atoms with Gasteiger partial charge in [-0.25, -0.2) is 4.79 Å². The number of hydrogen-bond donors (Lipinski definition) is 3. The van der Waals surface area contributed by atoms with Crippen molar-refractivity contribution in [3.05, 3.63) is 0 Å². The molecule has 2 amide bonds. The van der Waals surface area contributed by atoms with E-state index >= 15 is 0 Å². The standard InChI is InChI=1S/C18H28N2O3.C7H13NO2.ClH/c1-2-16(21)23-9-14-8-15(14)19-18(22)20-17-12-4-10-3-11(6-12)7-13(17)5-10;1-10-7(9)6(8)4-5-2-3-5;/h10-15,17H,2-9H2,1H3,(H2,19,20,22);5-6H,2-4,8H2,1H3;1H/t10?,11?,12?,13?,14?,15-,17?;6-;/m00./s1. The van der Waals surface area contributed by atoms with Gasteiger partial charge in [-0.05, 0) is 74.5 Å². The highest BCUT2D eigenvalue weighted by Gasteiger charge is 2.49. The summed E-state index contributed by atoms with van der Waals surface area (Å²) in [7, 11) is 1.37. The maximum atomic E-state index is 12.3. The molecule has 0 aromatic carbocycles. The molecule has 34 heavy (non-hydrogen) atoms. The van der Waals surface area contributed by atoms with Crippen molar-refractivity contribution in [2.75, 3.05) is 13.7 Å². The largest absolute Gasteiger partial charge is 0.468 e. The van der Waals surface area contributed by atoms with E-state index in [1.54, 1.807) is 6.92 Å². The molecule has 9 heteroatoms. The number of methoxy groups -OCH3 is 1. The number of nitrogens with one attached hydrogen (secondary N) is 2. The number of carbonyl (C=O) groups is 3. The molecule has 3 atom stereocenters. The fourth-order valence-electron chi connectivity index (χ4n) is 6.39. The number of esters is 2. The first-order valence-electron chi connectivity index (χ1n) is 12.9. The van der Waals surface area contributed by atoms with Gasteiger partial charge in [-0.2, -0.15) is 0 Å². The van der Waals surface area contributed by atoms with E-state index in [2.05, 4.69) is 15.4 Å². The maximum absolute atomic E-state index is 12.3. The van der Waals surface area contributed by atoms with Crippen LogP contribution in [0.25, 0.3) is 0 Å². The number of amides is 2. The van der Waals surface area contributed by atoms with Crippen molar-refractivity contribution in [2.45, 2.75) is 89.3 Å². The van der Waals surface area contributed by atoms with Gasteiger partial charge < -0.3 is 25.8 Å². The van der Waals surface area contributed by atoms with Crippen LogP contribution in [-0.4, -0.2) is 49.8 Å². The Morgan fingerprint density at radius 3 is 2.12 bits per heavy atom. The highest BCUT2D eigenvalue weighted by Crippen LogP contribution is 2.53. The Hall–Kier alpha value is -1.54. The first-order valence-corrected chi connectivity index (χ1v) is 12.9. The summed E-state index contributed by atoms with van der Waals surface area (Å²) in [5, 5.41) is 6.34. The molecule has 6 aliphatic carbocycles. The molecule has 4 N–H and O–H groups in total. The average molecular weight is 500 g/mol. The third-order valence-electron chi connectivity index (χ3n) is 8.30. The quantitative estimate of drug-likeness (QED) is 0.441. The number of rotatable bonds is 8. The lowest BCUT2D eigenvalue weighted by molar-refractivity contribution is -0.144. The van der Waals surface area contributed by atoms with E-state index in [0.717, 1.165) is 24.7 Å². The SMILES string of the molecule is CCC(=O)OCC1C[C@@H]1NC(=O)NC1C2CC3CC(C2)CC1C3.COC(=O)[C@@H](N)CC1CC1.Cl. The average Bonchev–Trinajstić information content (AvgIpc) is 3.72. The topological polar surface area (TPSA) is 120 Å². The molecule has 0 aromatic rings. The second-order valence-corrected chi connectivity index (χ2v) is 11.0. The van der Waals surface area contributed by atoms with Crippen LogP contribution in [-0.2, 0) is 19.1 Å². The monoisotopic (exact) mass is 499 g/mol. The zero-order valence-corrected chi connectivity index (χ0v) is 21.3. The number of ether oxygens (including phenoxy) is 2. The Morgan fingerprint density at radius 2 is 1.59 bits per heavy atom. The predicted molar refractivity (Wildman–Crippen MR) is 130 cm³/mol. The number of hydrogen-bond acceptors (Lipinski definition) is 6. The van der Waals surface area contributed by atoms with E-state index in [9.17, 15) is 14.4 Å². The van der Waals surface area contributed by atoms with Gasteiger partial charge in [0.2, 0.25) is 0 Å².